The first-order chi connectivity index (χ1) is 6.24. The van der Waals surface area contributed by atoms with Gasteiger partial charge in [-0.05, 0) is 24.2 Å². The highest BCUT2D eigenvalue weighted by Gasteiger charge is 2.45. The largest absolute Gasteiger partial charge is 0.392 e. The molecule has 0 radical (unpaired) electrons. The van der Waals surface area contributed by atoms with Crippen molar-refractivity contribution in [2.75, 3.05) is 0 Å². The van der Waals surface area contributed by atoms with Crippen LogP contribution in [0.3, 0.4) is 0 Å². The first kappa shape index (κ1) is 9.20. The summed E-state index contributed by atoms with van der Waals surface area (Å²) in [6.45, 7) is 2.22. The Labute approximate surface area is 79.3 Å². The smallest absolute Gasteiger partial charge is 0.125 e. The van der Waals surface area contributed by atoms with Crippen LogP contribution in [0.5, 0.6) is 0 Å². The van der Waals surface area contributed by atoms with E-state index in [-0.39, 0.29) is 12.0 Å². The average Bonchev–Trinajstić information content (AvgIpc) is 2.44. The Bertz CT molecular complexity index is 202. The van der Waals surface area contributed by atoms with Gasteiger partial charge in [0.25, 0.3) is 0 Å². The summed E-state index contributed by atoms with van der Waals surface area (Å²) >= 11 is 0. The van der Waals surface area contributed by atoms with E-state index in [0.29, 0.717) is 17.8 Å². The quantitative estimate of drug-likeness (QED) is 0.626. The molecule has 2 rings (SSSR count). The second kappa shape index (κ2) is 3.41. The number of rotatable bonds is 1. The summed E-state index contributed by atoms with van der Waals surface area (Å²) in [7, 11) is 0. The topological polar surface area (TPSA) is 37.3 Å². The maximum absolute atomic E-state index is 10.7. The molecule has 0 heterocycles. The van der Waals surface area contributed by atoms with Crippen LogP contribution in [-0.2, 0) is 4.79 Å². The van der Waals surface area contributed by atoms with Gasteiger partial charge in [-0.25, -0.2) is 0 Å². The summed E-state index contributed by atoms with van der Waals surface area (Å²) in [5, 5.41) is 9.92. The van der Waals surface area contributed by atoms with Crippen molar-refractivity contribution in [2.24, 2.45) is 23.7 Å². The molecule has 2 heteroatoms. The normalized spacial score (nSPS) is 50.2. The Kier molecular flexibility index (Phi) is 2.41. The van der Waals surface area contributed by atoms with Crippen molar-refractivity contribution in [3.05, 3.63) is 0 Å². The van der Waals surface area contributed by atoms with Crippen LogP contribution in [0.2, 0.25) is 0 Å². The molecule has 0 aromatic heterocycles. The fraction of sp³-hybridized carbons (Fsp3) is 0.909. The predicted octanol–water partition coefficient (Wildman–Crippen LogP) is 1.62. The van der Waals surface area contributed by atoms with Gasteiger partial charge in [0.1, 0.15) is 6.29 Å². The van der Waals surface area contributed by atoms with E-state index < -0.39 is 0 Å². The number of fused-ring (bicyclic) bond motifs is 1. The van der Waals surface area contributed by atoms with E-state index in [1.54, 1.807) is 0 Å². The summed E-state index contributed by atoms with van der Waals surface area (Å²) in [5.41, 5.74) is 0. The Hall–Kier alpha value is -0.370. The summed E-state index contributed by atoms with van der Waals surface area (Å²) < 4.78 is 0. The van der Waals surface area contributed by atoms with Gasteiger partial charge in [0, 0.05) is 5.92 Å². The van der Waals surface area contributed by atoms with E-state index in [1.165, 1.54) is 19.3 Å². The number of aliphatic hydroxyl groups excluding tert-OH is 1. The number of carbonyl (C=O) groups is 1. The Morgan fingerprint density at radius 3 is 2.77 bits per heavy atom. The van der Waals surface area contributed by atoms with Crippen LogP contribution in [0.25, 0.3) is 0 Å². The molecule has 1 N–H and O–H groups in total. The number of hydrogen-bond acceptors (Lipinski definition) is 2. The number of hydrogen-bond donors (Lipinski definition) is 1. The van der Waals surface area contributed by atoms with Gasteiger partial charge in [0.15, 0.2) is 0 Å². The Morgan fingerprint density at radius 2 is 2.15 bits per heavy atom. The van der Waals surface area contributed by atoms with E-state index in [4.69, 9.17) is 0 Å². The lowest BCUT2D eigenvalue weighted by Crippen LogP contribution is -2.31. The molecule has 0 aromatic rings. The van der Waals surface area contributed by atoms with E-state index in [2.05, 4.69) is 6.92 Å². The van der Waals surface area contributed by atoms with Crippen molar-refractivity contribution in [3.63, 3.8) is 0 Å². The molecule has 2 saturated carbocycles. The van der Waals surface area contributed by atoms with Crippen LogP contribution in [0, 0.1) is 23.7 Å². The van der Waals surface area contributed by atoms with Crippen molar-refractivity contribution in [2.45, 2.75) is 38.7 Å². The van der Waals surface area contributed by atoms with E-state index >= 15 is 0 Å². The van der Waals surface area contributed by atoms with Crippen LogP contribution in [0.4, 0.5) is 0 Å². The molecule has 5 unspecified atom stereocenters. The van der Waals surface area contributed by atoms with Gasteiger partial charge in [0.05, 0.1) is 6.10 Å². The van der Waals surface area contributed by atoms with Crippen molar-refractivity contribution in [1.82, 2.24) is 0 Å². The van der Waals surface area contributed by atoms with Crippen LogP contribution >= 0.6 is 0 Å². The van der Waals surface area contributed by atoms with Crippen LogP contribution in [0.15, 0.2) is 0 Å². The molecular formula is C11H18O2. The van der Waals surface area contributed by atoms with Crippen LogP contribution in [0.1, 0.15) is 32.6 Å². The molecule has 0 saturated heterocycles. The lowest BCUT2D eigenvalue weighted by molar-refractivity contribution is -0.114. The zero-order valence-corrected chi connectivity index (χ0v) is 8.15. The molecule has 0 amide bonds. The Balaban J connectivity index is 2.13. The molecule has 0 bridgehead atoms. The molecular weight excluding hydrogens is 164 g/mol. The number of aldehydes is 1. The monoisotopic (exact) mass is 182 g/mol. The zero-order chi connectivity index (χ0) is 9.42. The minimum Gasteiger partial charge on any atom is -0.392 e. The second-order valence-electron chi connectivity index (χ2n) is 4.77. The van der Waals surface area contributed by atoms with Gasteiger partial charge >= 0.3 is 0 Å². The Morgan fingerprint density at radius 1 is 1.38 bits per heavy atom. The maximum Gasteiger partial charge on any atom is 0.125 e. The van der Waals surface area contributed by atoms with Gasteiger partial charge in [-0.2, -0.15) is 0 Å². The minimum absolute atomic E-state index is 0.0736. The molecule has 13 heavy (non-hydrogen) atoms. The fourth-order valence-corrected chi connectivity index (χ4v) is 3.35. The first-order valence-electron chi connectivity index (χ1n) is 5.37. The van der Waals surface area contributed by atoms with Gasteiger partial charge < -0.3 is 9.90 Å². The van der Waals surface area contributed by atoms with E-state index in [1.807, 2.05) is 0 Å². The summed E-state index contributed by atoms with van der Waals surface area (Å²) in [4.78, 5) is 10.7. The highest BCUT2D eigenvalue weighted by atomic mass is 16.3. The van der Waals surface area contributed by atoms with Crippen molar-refractivity contribution in [1.29, 1.82) is 0 Å². The molecule has 0 spiro atoms. The van der Waals surface area contributed by atoms with E-state index in [9.17, 15) is 9.90 Å². The fourth-order valence-electron chi connectivity index (χ4n) is 3.35. The van der Waals surface area contributed by atoms with Crippen molar-refractivity contribution >= 4 is 6.29 Å². The minimum atomic E-state index is -0.349. The lowest BCUT2D eigenvalue weighted by Gasteiger charge is -2.33. The molecule has 2 fully saturated rings. The highest BCUT2D eigenvalue weighted by molar-refractivity contribution is 5.55. The molecule has 74 valence electrons. The SMILES string of the molecule is CC1CCCC2CC(C=O)C(O)C12. The van der Waals surface area contributed by atoms with E-state index in [0.717, 1.165) is 12.7 Å². The van der Waals surface area contributed by atoms with Gasteiger partial charge in [-0.3, -0.25) is 0 Å². The molecule has 2 aliphatic carbocycles. The molecule has 2 aliphatic rings. The lowest BCUT2D eigenvalue weighted by atomic mass is 9.74. The number of carbonyl (C=O) groups excluding carboxylic acids is 1. The highest BCUT2D eigenvalue weighted by Crippen LogP contribution is 2.47. The van der Waals surface area contributed by atoms with Crippen LogP contribution < -0.4 is 0 Å². The third-order valence-corrected chi connectivity index (χ3v) is 4.02. The molecule has 0 aliphatic heterocycles. The first-order valence-corrected chi connectivity index (χ1v) is 5.37. The predicted molar refractivity (Wildman–Crippen MR) is 50.2 cm³/mol. The molecule has 2 nitrogen and oxygen atoms in total. The molecule has 5 atom stereocenters. The standard InChI is InChI=1S/C11H18O2/c1-7-3-2-4-8-5-9(6-12)11(13)10(7)8/h6-11,13H,2-5H2,1H3. The van der Waals surface area contributed by atoms with Gasteiger partial charge in [-0.15, -0.1) is 0 Å². The second-order valence-corrected chi connectivity index (χ2v) is 4.77. The summed E-state index contributed by atoms with van der Waals surface area (Å²) in [6, 6.07) is 0. The third-order valence-electron chi connectivity index (χ3n) is 4.02. The van der Waals surface area contributed by atoms with Gasteiger partial charge in [-0.1, -0.05) is 26.2 Å². The summed E-state index contributed by atoms with van der Waals surface area (Å²) in [6.07, 6.45) is 5.26. The summed E-state index contributed by atoms with van der Waals surface area (Å²) in [5.74, 6) is 1.56. The van der Waals surface area contributed by atoms with Gasteiger partial charge in [0.2, 0.25) is 0 Å². The number of aliphatic hydroxyl groups is 1. The zero-order valence-electron chi connectivity index (χ0n) is 8.15. The van der Waals surface area contributed by atoms with Crippen molar-refractivity contribution in [3.8, 4) is 0 Å². The average molecular weight is 182 g/mol. The van der Waals surface area contributed by atoms with Crippen molar-refractivity contribution < 1.29 is 9.90 Å². The molecule has 0 aromatic carbocycles. The van der Waals surface area contributed by atoms with Crippen LogP contribution in [-0.4, -0.2) is 17.5 Å². The maximum atomic E-state index is 10.7. The third kappa shape index (κ3) is 1.41.